The summed E-state index contributed by atoms with van der Waals surface area (Å²) in [5, 5.41) is 13.8. The van der Waals surface area contributed by atoms with Gasteiger partial charge in [-0.2, -0.15) is 0 Å². The second kappa shape index (κ2) is 7.95. The third kappa shape index (κ3) is 4.82. The lowest BCUT2D eigenvalue weighted by Gasteiger charge is -2.23. The van der Waals surface area contributed by atoms with Crippen LogP contribution >= 0.6 is 27.5 Å². The van der Waals surface area contributed by atoms with Crippen molar-refractivity contribution in [3.63, 3.8) is 0 Å². The van der Waals surface area contributed by atoms with Crippen molar-refractivity contribution in [2.45, 2.75) is 25.4 Å². The van der Waals surface area contributed by atoms with Gasteiger partial charge >= 0.3 is 0 Å². The highest BCUT2D eigenvalue weighted by Crippen LogP contribution is 2.26. The Balaban J connectivity index is 2.04. The lowest BCUT2D eigenvalue weighted by atomic mass is 10.0. The Morgan fingerprint density at radius 2 is 1.90 bits per heavy atom. The molecule has 0 fully saturated rings. The molecule has 0 aromatic heterocycles. The number of aliphatic hydroxyl groups excluding tert-OH is 1. The van der Waals surface area contributed by atoms with Gasteiger partial charge in [0.2, 0.25) is 0 Å². The van der Waals surface area contributed by atoms with Crippen molar-refractivity contribution in [3.8, 4) is 0 Å². The van der Waals surface area contributed by atoms with Crippen LogP contribution in [0.15, 0.2) is 53.0 Å². The molecule has 2 atom stereocenters. The maximum absolute atomic E-state index is 9.59. The van der Waals surface area contributed by atoms with E-state index in [1.54, 1.807) is 0 Å². The highest BCUT2D eigenvalue weighted by atomic mass is 79.9. The molecule has 4 heteroatoms. The average Bonchev–Trinajstić information content (AvgIpc) is 2.47. The van der Waals surface area contributed by atoms with Crippen LogP contribution in [0.5, 0.6) is 0 Å². The first-order valence-corrected chi connectivity index (χ1v) is 8.13. The molecule has 0 saturated heterocycles. The van der Waals surface area contributed by atoms with Gasteiger partial charge in [-0.1, -0.05) is 63.9 Å². The van der Waals surface area contributed by atoms with Gasteiger partial charge < -0.3 is 10.4 Å². The molecule has 0 aliphatic rings. The number of nitrogens with one attached hydrogen (secondary N) is 1. The minimum Gasteiger partial charge on any atom is -0.395 e. The van der Waals surface area contributed by atoms with Crippen molar-refractivity contribution >= 4 is 27.5 Å². The van der Waals surface area contributed by atoms with Crippen molar-refractivity contribution in [2.75, 3.05) is 6.61 Å². The Morgan fingerprint density at radius 1 is 1.19 bits per heavy atom. The number of aliphatic hydroxyl groups is 1. The predicted molar refractivity (Wildman–Crippen MR) is 91.7 cm³/mol. The van der Waals surface area contributed by atoms with Gasteiger partial charge in [-0.25, -0.2) is 0 Å². The van der Waals surface area contributed by atoms with Gasteiger partial charge in [0.1, 0.15) is 0 Å². The molecule has 0 radical (unpaired) electrons. The highest BCUT2D eigenvalue weighted by Gasteiger charge is 2.15. The molecule has 0 aliphatic heterocycles. The molecular formula is C17H19BrClNO. The molecule has 2 nitrogen and oxygen atoms in total. The fourth-order valence-corrected chi connectivity index (χ4v) is 3.21. The van der Waals surface area contributed by atoms with E-state index >= 15 is 0 Å². The first-order chi connectivity index (χ1) is 10.1. The van der Waals surface area contributed by atoms with Crippen molar-refractivity contribution in [1.29, 1.82) is 0 Å². The number of halogens is 2. The minimum absolute atomic E-state index is 0.00196. The fourth-order valence-electron chi connectivity index (χ4n) is 2.37. The summed E-state index contributed by atoms with van der Waals surface area (Å²) >= 11 is 9.69. The second-order valence-corrected chi connectivity index (χ2v) is 6.45. The molecule has 0 aliphatic carbocycles. The third-order valence-electron chi connectivity index (χ3n) is 3.46. The zero-order valence-electron chi connectivity index (χ0n) is 11.9. The summed E-state index contributed by atoms with van der Waals surface area (Å²) < 4.78 is 0.964. The molecule has 2 rings (SSSR count). The number of benzene rings is 2. The number of hydrogen-bond donors (Lipinski definition) is 2. The molecule has 0 saturated carbocycles. The number of hydrogen-bond acceptors (Lipinski definition) is 2. The van der Waals surface area contributed by atoms with Crippen LogP contribution in [0.4, 0.5) is 0 Å². The van der Waals surface area contributed by atoms with Crippen molar-refractivity contribution in [2.24, 2.45) is 0 Å². The Labute approximate surface area is 139 Å². The SMILES string of the molecule is CC(N[C@@H](CO)Cc1ccccc1)c1ccc(Br)cc1Cl. The van der Waals surface area contributed by atoms with Crippen molar-refractivity contribution < 1.29 is 5.11 Å². The van der Waals surface area contributed by atoms with E-state index in [2.05, 4.69) is 40.3 Å². The Hall–Kier alpha value is -0.870. The first kappa shape index (κ1) is 16.5. The maximum Gasteiger partial charge on any atom is 0.0588 e. The monoisotopic (exact) mass is 367 g/mol. The van der Waals surface area contributed by atoms with Crippen molar-refractivity contribution in [3.05, 3.63) is 69.2 Å². The average molecular weight is 369 g/mol. The van der Waals surface area contributed by atoms with Crippen LogP contribution in [-0.2, 0) is 6.42 Å². The molecule has 0 heterocycles. The zero-order valence-corrected chi connectivity index (χ0v) is 14.2. The lowest BCUT2D eigenvalue weighted by molar-refractivity contribution is 0.232. The normalized spacial score (nSPS) is 13.9. The van der Waals surface area contributed by atoms with E-state index in [0.29, 0.717) is 0 Å². The van der Waals surface area contributed by atoms with Gasteiger partial charge in [-0.3, -0.25) is 0 Å². The predicted octanol–water partition coefficient (Wildman–Crippen LogP) is 4.36. The quantitative estimate of drug-likeness (QED) is 0.794. The van der Waals surface area contributed by atoms with E-state index in [9.17, 15) is 5.11 Å². The lowest BCUT2D eigenvalue weighted by Crippen LogP contribution is -2.36. The van der Waals surface area contributed by atoms with Gasteiger partial charge in [-0.15, -0.1) is 0 Å². The van der Waals surface area contributed by atoms with Crippen LogP contribution in [0.3, 0.4) is 0 Å². The Morgan fingerprint density at radius 3 is 2.52 bits per heavy atom. The van der Waals surface area contributed by atoms with Crippen LogP contribution in [0.1, 0.15) is 24.1 Å². The summed E-state index contributed by atoms with van der Waals surface area (Å²) in [6, 6.07) is 16.1. The van der Waals surface area contributed by atoms with Gasteiger partial charge in [-0.05, 0) is 36.6 Å². The maximum atomic E-state index is 9.59. The second-order valence-electron chi connectivity index (χ2n) is 5.12. The van der Waals surface area contributed by atoms with E-state index < -0.39 is 0 Å². The summed E-state index contributed by atoms with van der Waals surface area (Å²) in [4.78, 5) is 0. The van der Waals surface area contributed by atoms with Gasteiger partial charge in [0.25, 0.3) is 0 Å². The Kier molecular flexibility index (Phi) is 6.24. The van der Waals surface area contributed by atoms with Gasteiger partial charge in [0.15, 0.2) is 0 Å². The van der Waals surface area contributed by atoms with Crippen LogP contribution in [0, 0.1) is 0 Å². The van der Waals surface area contributed by atoms with E-state index in [1.807, 2.05) is 36.4 Å². The molecule has 0 bridgehead atoms. The summed E-state index contributed by atoms with van der Waals surface area (Å²) in [7, 11) is 0. The minimum atomic E-state index is 0.00196. The molecule has 0 spiro atoms. The molecule has 112 valence electrons. The fraction of sp³-hybridized carbons (Fsp3) is 0.294. The highest BCUT2D eigenvalue weighted by molar-refractivity contribution is 9.10. The van der Waals surface area contributed by atoms with Crippen LogP contribution in [0.25, 0.3) is 0 Å². The van der Waals surface area contributed by atoms with Crippen LogP contribution in [0.2, 0.25) is 5.02 Å². The van der Waals surface area contributed by atoms with Crippen LogP contribution in [-0.4, -0.2) is 17.8 Å². The third-order valence-corrected chi connectivity index (χ3v) is 4.28. The van der Waals surface area contributed by atoms with Gasteiger partial charge in [0, 0.05) is 21.6 Å². The molecule has 2 aromatic rings. The topological polar surface area (TPSA) is 32.3 Å². The van der Waals surface area contributed by atoms with Gasteiger partial charge in [0.05, 0.1) is 6.61 Å². The number of rotatable bonds is 6. The summed E-state index contributed by atoms with van der Waals surface area (Å²) in [6.07, 6.45) is 0.788. The Bertz CT molecular complexity index is 576. The molecule has 2 N–H and O–H groups in total. The standard InChI is InChI=1S/C17H19BrClNO/c1-12(16-8-7-14(18)10-17(16)19)20-15(11-21)9-13-5-3-2-4-6-13/h2-8,10,12,15,20-21H,9,11H2,1H3/t12?,15-/m1/s1. The van der Waals surface area contributed by atoms with Crippen LogP contribution < -0.4 is 5.32 Å². The molecule has 21 heavy (non-hydrogen) atoms. The summed E-state index contributed by atoms with van der Waals surface area (Å²) in [6.45, 7) is 2.15. The largest absolute Gasteiger partial charge is 0.395 e. The molecule has 1 unspecified atom stereocenters. The van der Waals surface area contributed by atoms with E-state index in [1.165, 1.54) is 5.56 Å². The summed E-state index contributed by atoms with van der Waals surface area (Å²) in [5.41, 5.74) is 2.24. The van der Waals surface area contributed by atoms with Crippen molar-refractivity contribution in [1.82, 2.24) is 5.32 Å². The molecule has 2 aromatic carbocycles. The van der Waals surface area contributed by atoms with E-state index in [0.717, 1.165) is 21.5 Å². The molecular weight excluding hydrogens is 350 g/mol. The zero-order chi connectivity index (χ0) is 15.2. The first-order valence-electron chi connectivity index (χ1n) is 6.96. The summed E-state index contributed by atoms with van der Waals surface area (Å²) in [5.74, 6) is 0. The van der Waals surface area contributed by atoms with E-state index in [4.69, 9.17) is 11.6 Å². The smallest absolute Gasteiger partial charge is 0.0588 e. The van der Waals surface area contributed by atoms with E-state index in [-0.39, 0.29) is 18.7 Å². The molecule has 0 amide bonds.